The maximum atomic E-state index is 11.7. The average molecular weight is 316 g/mol. The van der Waals surface area contributed by atoms with Crippen LogP contribution in [0.15, 0.2) is 0 Å². The predicted octanol–water partition coefficient (Wildman–Crippen LogP) is 1.56. The third-order valence-corrected chi connectivity index (χ3v) is 5.63. The highest BCUT2D eigenvalue weighted by atomic mass is 31.2. The van der Waals surface area contributed by atoms with E-state index in [0.29, 0.717) is 18.9 Å². The highest BCUT2D eigenvalue weighted by Crippen LogP contribution is 2.46. The van der Waals surface area contributed by atoms with Crippen LogP contribution >= 0.6 is 7.60 Å². The van der Waals surface area contributed by atoms with Crippen molar-refractivity contribution in [3.8, 4) is 6.07 Å². The largest absolute Gasteiger partial charge is 0.453 e. The molecule has 0 aromatic rings. The van der Waals surface area contributed by atoms with Gasteiger partial charge in [0, 0.05) is 6.54 Å². The van der Waals surface area contributed by atoms with Crippen LogP contribution in [-0.4, -0.2) is 46.6 Å². The van der Waals surface area contributed by atoms with Gasteiger partial charge in [-0.15, -0.1) is 0 Å². The molecule has 1 saturated heterocycles. The van der Waals surface area contributed by atoms with E-state index in [-0.39, 0.29) is 18.0 Å². The number of ether oxygens (including phenoxy) is 1. The van der Waals surface area contributed by atoms with Gasteiger partial charge in [0.05, 0.1) is 19.3 Å². The van der Waals surface area contributed by atoms with Crippen molar-refractivity contribution < 1.29 is 23.9 Å². The maximum absolute atomic E-state index is 11.7. The molecule has 1 amide bonds. The number of hydrogen-bond donors (Lipinski definition) is 2. The Kier molecular flexibility index (Phi) is 4.92. The zero-order valence-electron chi connectivity index (χ0n) is 12.0. The summed E-state index contributed by atoms with van der Waals surface area (Å²) in [5.74, 6) is 0.554. The Balaban J connectivity index is 2.02. The molecule has 0 bridgehead atoms. The van der Waals surface area contributed by atoms with Crippen LogP contribution in [0, 0.1) is 29.1 Å². The molecule has 4 unspecified atom stereocenters. The van der Waals surface area contributed by atoms with Crippen molar-refractivity contribution in [1.29, 1.82) is 5.26 Å². The van der Waals surface area contributed by atoms with Gasteiger partial charge in [-0.2, -0.15) is 5.26 Å². The summed E-state index contributed by atoms with van der Waals surface area (Å²) in [5.41, 5.74) is 0. The molecule has 118 valence electrons. The summed E-state index contributed by atoms with van der Waals surface area (Å²) in [6.45, 7) is 0.498. The number of amides is 1. The summed E-state index contributed by atoms with van der Waals surface area (Å²) >= 11 is 0. The molecular formula is C13H21N2O5P. The second-order valence-electron chi connectivity index (χ2n) is 6.05. The molecule has 8 heteroatoms. The third kappa shape index (κ3) is 3.97. The number of hydrogen-bond acceptors (Lipinski definition) is 4. The number of likely N-dealkylation sites (tertiary alicyclic amines) is 1. The van der Waals surface area contributed by atoms with E-state index in [1.807, 2.05) is 0 Å². The van der Waals surface area contributed by atoms with Gasteiger partial charge in [-0.3, -0.25) is 9.46 Å². The molecule has 1 aliphatic carbocycles. The van der Waals surface area contributed by atoms with E-state index < -0.39 is 19.7 Å². The Morgan fingerprint density at radius 1 is 1.38 bits per heavy atom. The Morgan fingerprint density at radius 2 is 2.10 bits per heavy atom. The van der Waals surface area contributed by atoms with Crippen molar-refractivity contribution in [3.05, 3.63) is 0 Å². The molecule has 7 nitrogen and oxygen atoms in total. The standard InChI is InChI=1S/C13H21N2O5P/c1-20-13(16)15-7-10-3-2-9(8-21(17,18)19)4-11(10)5-12(15)6-14/h9-12H,2-5,7-8H2,1H3,(H2,17,18,19). The lowest BCUT2D eigenvalue weighted by Gasteiger charge is -2.45. The topological polar surface area (TPSA) is 111 Å². The molecule has 0 spiro atoms. The Morgan fingerprint density at radius 3 is 2.67 bits per heavy atom. The lowest BCUT2D eigenvalue weighted by Crippen LogP contribution is -2.51. The maximum Gasteiger partial charge on any atom is 0.410 e. The van der Waals surface area contributed by atoms with Crippen LogP contribution in [0.4, 0.5) is 4.79 Å². The zero-order chi connectivity index (χ0) is 15.6. The molecule has 1 heterocycles. The number of methoxy groups -OCH3 is 1. The number of rotatable bonds is 2. The van der Waals surface area contributed by atoms with Gasteiger partial charge >= 0.3 is 13.7 Å². The number of fused-ring (bicyclic) bond motifs is 1. The van der Waals surface area contributed by atoms with Gasteiger partial charge < -0.3 is 14.5 Å². The van der Waals surface area contributed by atoms with Gasteiger partial charge in [0.1, 0.15) is 6.04 Å². The van der Waals surface area contributed by atoms with Crippen LogP contribution in [0.2, 0.25) is 0 Å². The van der Waals surface area contributed by atoms with E-state index in [2.05, 4.69) is 6.07 Å². The van der Waals surface area contributed by atoms with Gasteiger partial charge in [0.2, 0.25) is 0 Å². The highest BCUT2D eigenvalue weighted by molar-refractivity contribution is 7.51. The lowest BCUT2D eigenvalue weighted by molar-refractivity contribution is 0.0388. The van der Waals surface area contributed by atoms with Gasteiger partial charge in [0.15, 0.2) is 0 Å². The van der Waals surface area contributed by atoms with Crippen LogP contribution < -0.4 is 0 Å². The minimum atomic E-state index is -3.99. The van der Waals surface area contributed by atoms with Crippen molar-refractivity contribution in [2.45, 2.75) is 31.7 Å². The molecule has 1 aliphatic heterocycles. The lowest BCUT2D eigenvalue weighted by atomic mass is 9.70. The second kappa shape index (κ2) is 6.35. The highest BCUT2D eigenvalue weighted by Gasteiger charge is 2.42. The van der Waals surface area contributed by atoms with Crippen LogP contribution in [0.5, 0.6) is 0 Å². The van der Waals surface area contributed by atoms with Gasteiger partial charge in [-0.1, -0.05) is 0 Å². The first-order valence-electron chi connectivity index (χ1n) is 7.12. The monoisotopic (exact) mass is 316 g/mol. The summed E-state index contributed by atoms with van der Waals surface area (Å²) in [7, 11) is -2.68. The SMILES string of the molecule is COC(=O)N1CC2CCC(CP(=O)(O)O)CC2CC1C#N. The minimum Gasteiger partial charge on any atom is -0.453 e. The Labute approximate surface area is 124 Å². The molecule has 4 atom stereocenters. The van der Waals surface area contributed by atoms with Crippen LogP contribution in [0.1, 0.15) is 25.7 Å². The average Bonchev–Trinajstić information content (AvgIpc) is 2.43. The first kappa shape index (κ1) is 16.3. The van der Waals surface area contributed by atoms with E-state index in [4.69, 9.17) is 14.5 Å². The Bertz CT molecular complexity index is 485. The van der Waals surface area contributed by atoms with E-state index in [1.54, 1.807) is 0 Å². The van der Waals surface area contributed by atoms with E-state index >= 15 is 0 Å². The zero-order valence-corrected chi connectivity index (χ0v) is 12.9. The van der Waals surface area contributed by atoms with E-state index in [0.717, 1.165) is 19.3 Å². The number of carbonyl (C=O) groups is 1. The van der Waals surface area contributed by atoms with Crippen molar-refractivity contribution in [1.82, 2.24) is 4.90 Å². The molecule has 0 aromatic heterocycles. The molecule has 1 saturated carbocycles. The van der Waals surface area contributed by atoms with Crippen molar-refractivity contribution in [3.63, 3.8) is 0 Å². The normalized spacial score (nSPS) is 33.0. The number of nitrogens with zero attached hydrogens (tertiary/aromatic N) is 2. The molecule has 2 fully saturated rings. The smallest absolute Gasteiger partial charge is 0.410 e. The van der Waals surface area contributed by atoms with Crippen molar-refractivity contribution in [2.24, 2.45) is 17.8 Å². The van der Waals surface area contributed by atoms with Gasteiger partial charge in [0.25, 0.3) is 0 Å². The molecule has 21 heavy (non-hydrogen) atoms. The fourth-order valence-electron chi connectivity index (χ4n) is 3.69. The summed E-state index contributed by atoms with van der Waals surface area (Å²) in [6, 6.07) is 1.63. The molecule has 2 aliphatic rings. The van der Waals surface area contributed by atoms with Gasteiger partial charge in [-0.05, 0) is 43.4 Å². The molecular weight excluding hydrogens is 295 g/mol. The minimum absolute atomic E-state index is 0.0103. The van der Waals surface area contributed by atoms with Crippen molar-refractivity contribution >= 4 is 13.7 Å². The Hall–Kier alpha value is -1.09. The summed E-state index contributed by atoms with van der Waals surface area (Å²) in [4.78, 5) is 31.4. The van der Waals surface area contributed by atoms with Crippen LogP contribution in [0.25, 0.3) is 0 Å². The van der Waals surface area contributed by atoms with Crippen LogP contribution in [-0.2, 0) is 9.30 Å². The van der Waals surface area contributed by atoms with Crippen molar-refractivity contribution in [2.75, 3.05) is 19.8 Å². The quantitative estimate of drug-likeness (QED) is 0.748. The van der Waals surface area contributed by atoms with Crippen LogP contribution in [0.3, 0.4) is 0 Å². The fraction of sp³-hybridized carbons (Fsp3) is 0.846. The molecule has 2 rings (SSSR count). The summed E-state index contributed by atoms with van der Waals surface area (Å²) in [5, 5.41) is 9.22. The first-order chi connectivity index (χ1) is 9.84. The number of nitriles is 1. The fourth-order valence-corrected chi connectivity index (χ4v) is 4.69. The first-order valence-corrected chi connectivity index (χ1v) is 8.92. The molecule has 0 radical (unpaired) electrons. The third-order valence-electron chi connectivity index (χ3n) is 4.64. The van der Waals surface area contributed by atoms with E-state index in [9.17, 15) is 14.6 Å². The summed E-state index contributed by atoms with van der Waals surface area (Å²) in [6.07, 6.45) is 2.34. The molecule has 0 aromatic carbocycles. The van der Waals surface area contributed by atoms with E-state index in [1.165, 1.54) is 12.0 Å². The number of piperidine rings is 1. The second-order valence-corrected chi connectivity index (χ2v) is 7.74. The number of carbonyl (C=O) groups excluding carboxylic acids is 1. The predicted molar refractivity (Wildman–Crippen MR) is 74.4 cm³/mol. The van der Waals surface area contributed by atoms with Gasteiger partial charge in [-0.25, -0.2) is 4.79 Å². The molecule has 2 N–H and O–H groups in total. The summed E-state index contributed by atoms with van der Waals surface area (Å²) < 4.78 is 15.9.